The summed E-state index contributed by atoms with van der Waals surface area (Å²) < 4.78 is 2.14. The number of aromatic nitrogens is 1. The molecular weight excluding hydrogens is 188 g/mol. The number of hydrogen-bond donors (Lipinski definition) is 2. The Morgan fingerprint density at radius 1 is 1.40 bits per heavy atom. The molecule has 2 N–H and O–H groups in total. The van der Waals surface area contributed by atoms with Gasteiger partial charge in [-0.05, 0) is 30.7 Å². The highest BCUT2D eigenvalue weighted by atomic mass is 16.3. The summed E-state index contributed by atoms with van der Waals surface area (Å²) in [5.74, 6) is 0.407. The van der Waals surface area contributed by atoms with E-state index in [2.05, 4.69) is 23.1 Å². The SMILES string of the molecule is Cn1cc2c3c(c(O)ccc31)CNCC2. The average molecular weight is 202 g/mol. The minimum Gasteiger partial charge on any atom is -0.508 e. The van der Waals surface area contributed by atoms with Gasteiger partial charge in [0, 0.05) is 36.3 Å². The lowest BCUT2D eigenvalue weighted by Gasteiger charge is -2.06. The Balaban J connectivity index is 2.45. The molecule has 0 saturated carbocycles. The first-order chi connectivity index (χ1) is 7.27. The molecule has 3 nitrogen and oxygen atoms in total. The first kappa shape index (κ1) is 8.80. The first-order valence-corrected chi connectivity index (χ1v) is 5.27. The van der Waals surface area contributed by atoms with Crippen LogP contribution in [0.25, 0.3) is 10.9 Å². The van der Waals surface area contributed by atoms with Crippen LogP contribution in [0.15, 0.2) is 18.3 Å². The van der Waals surface area contributed by atoms with Gasteiger partial charge < -0.3 is 15.0 Å². The molecular formula is C12H14N2O. The smallest absolute Gasteiger partial charge is 0.120 e. The number of nitrogens with one attached hydrogen (secondary N) is 1. The van der Waals surface area contributed by atoms with Gasteiger partial charge in [0.25, 0.3) is 0 Å². The highest BCUT2D eigenvalue weighted by Crippen LogP contribution is 2.32. The summed E-state index contributed by atoms with van der Waals surface area (Å²) >= 11 is 0. The Morgan fingerprint density at radius 2 is 2.27 bits per heavy atom. The quantitative estimate of drug-likeness (QED) is 0.679. The van der Waals surface area contributed by atoms with Crippen molar-refractivity contribution in [3.63, 3.8) is 0 Å². The normalized spacial score (nSPS) is 15.5. The lowest BCUT2D eigenvalue weighted by Crippen LogP contribution is -2.14. The minimum absolute atomic E-state index is 0.407. The van der Waals surface area contributed by atoms with Gasteiger partial charge in [0.1, 0.15) is 5.75 Å². The Hall–Kier alpha value is -1.48. The average Bonchev–Trinajstić information content (AvgIpc) is 2.43. The van der Waals surface area contributed by atoms with E-state index in [1.165, 1.54) is 16.5 Å². The van der Waals surface area contributed by atoms with Crippen LogP contribution in [0.3, 0.4) is 0 Å². The highest BCUT2D eigenvalue weighted by molar-refractivity contribution is 5.89. The van der Waals surface area contributed by atoms with Gasteiger partial charge in [0.2, 0.25) is 0 Å². The molecule has 1 aliphatic heterocycles. The largest absolute Gasteiger partial charge is 0.508 e. The summed E-state index contributed by atoms with van der Waals surface area (Å²) in [5, 5.41) is 14.4. The lowest BCUT2D eigenvalue weighted by molar-refractivity contribution is 0.466. The summed E-state index contributed by atoms with van der Waals surface area (Å²) in [4.78, 5) is 0. The van der Waals surface area contributed by atoms with Crippen LogP contribution >= 0.6 is 0 Å². The molecule has 0 radical (unpaired) electrons. The number of hydrogen-bond acceptors (Lipinski definition) is 2. The third-order valence-corrected chi connectivity index (χ3v) is 3.19. The van der Waals surface area contributed by atoms with Crippen LogP contribution in [0.1, 0.15) is 11.1 Å². The molecule has 3 heteroatoms. The topological polar surface area (TPSA) is 37.2 Å². The second-order valence-corrected chi connectivity index (χ2v) is 4.15. The number of nitrogens with zero attached hydrogens (tertiary/aromatic N) is 1. The van der Waals surface area contributed by atoms with Crippen molar-refractivity contribution >= 4 is 10.9 Å². The maximum Gasteiger partial charge on any atom is 0.120 e. The third kappa shape index (κ3) is 1.16. The predicted molar refractivity (Wildman–Crippen MR) is 60.0 cm³/mol. The Kier molecular flexibility index (Phi) is 1.76. The first-order valence-electron chi connectivity index (χ1n) is 5.27. The summed E-state index contributed by atoms with van der Waals surface area (Å²) in [6.07, 6.45) is 3.20. The van der Waals surface area contributed by atoms with E-state index in [1.54, 1.807) is 6.07 Å². The van der Waals surface area contributed by atoms with Crippen molar-refractivity contribution < 1.29 is 5.11 Å². The molecule has 0 atom stereocenters. The summed E-state index contributed by atoms with van der Waals surface area (Å²) in [7, 11) is 2.06. The number of benzene rings is 1. The van der Waals surface area contributed by atoms with Crippen LogP contribution < -0.4 is 5.32 Å². The molecule has 0 saturated heterocycles. The number of rotatable bonds is 0. The zero-order chi connectivity index (χ0) is 10.4. The second-order valence-electron chi connectivity index (χ2n) is 4.15. The minimum atomic E-state index is 0.407. The van der Waals surface area contributed by atoms with E-state index >= 15 is 0 Å². The molecule has 0 aliphatic carbocycles. The van der Waals surface area contributed by atoms with Gasteiger partial charge in [0.15, 0.2) is 0 Å². The lowest BCUT2D eigenvalue weighted by atomic mass is 10.1. The zero-order valence-electron chi connectivity index (χ0n) is 8.75. The maximum absolute atomic E-state index is 9.85. The van der Waals surface area contributed by atoms with E-state index in [0.29, 0.717) is 5.75 Å². The molecule has 1 aromatic carbocycles. The van der Waals surface area contributed by atoms with Crippen LogP contribution in [0.2, 0.25) is 0 Å². The van der Waals surface area contributed by atoms with E-state index in [4.69, 9.17) is 0 Å². The van der Waals surface area contributed by atoms with Gasteiger partial charge >= 0.3 is 0 Å². The Morgan fingerprint density at radius 3 is 3.13 bits per heavy atom. The molecule has 78 valence electrons. The van der Waals surface area contributed by atoms with Crippen molar-refractivity contribution in [1.29, 1.82) is 0 Å². The molecule has 1 aromatic heterocycles. The van der Waals surface area contributed by atoms with Gasteiger partial charge in [-0.3, -0.25) is 0 Å². The Labute approximate surface area is 88.3 Å². The van der Waals surface area contributed by atoms with Gasteiger partial charge in [-0.1, -0.05) is 0 Å². The van der Waals surface area contributed by atoms with E-state index in [1.807, 2.05) is 6.07 Å². The molecule has 0 unspecified atom stereocenters. The molecule has 2 aromatic rings. The molecule has 2 heterocycles. The van der Waals surface area contributed by atoms with Gasteiger partial charge in [-0.15, -0.1) is 0 Å². The van der Waals surface area contributed by atoms with E-state index in [0.717, 1.165) is 25.1 Å². The molecule has 0 spiro atoms. The summed E-state index contributed by atoms with van der Waals surface area (Å²) in [5.41, 5.74) is 3.59. The van der Waals surface area contributed by atoms with E-state index < -0.39 is 0 Å². The number of phenolic OH excluding ortho intramolecular Hbond substituents is 1. The molecule has 15 heavy (non-hydrogen) atoms. The fourth-order valence-corrected chi connectivity index (χ4v) is 2.45. The molecule has 1 aliphatic rings. The van der Waals surface area contributed by atoms with E-state index in [9.17, 15) is 5.11 Å². The van der Waals surface area contributed by atoms with Crippen LogP contribution in [0, 0.1) is 0 Å². The highest BCUT2D eigenvalue weighted by Gasteiger charge is 2.16. The van der Waals surface area contributed by atoms with Gasteiger partial charge in [-0.2, -0.15) is 0 Å². The third-order valence-electron chi connectivity index (χ3n) is 3.19. The van der Waals surface area contributed by atoms with Crippen LogP contribution in [-0.2, 0) is 20.0 Å². The van der Waals surface area contributed by atoms with Crippen molar-refractivity contribution in [2.24, 2.45) is 7.05 Å². The second kappa shape index (κ2) is 3.00. The summed E-state index contributed by atoms with van der Waals surface area (Å²) in [6, 6.07) is 3.78. The van der Waals surface area contributed by atoms with Crippen LogP contribution in [0.4, 0.5) is 0 Å². The van der Waals surface area contributed by atoms with Gasteiger partial charge in [0.05, 0.1) is 0 Å². The summed E-state index contributed by atoms with van der Waals surface area (Å²) in [6.45, 7) is 1.74. The van der Waals surface area contributed by atoms with Crippen molar-refractivity contribution in [1.82, 2.24) is 9.88 Å². The Bertz CT molecular complexity index is 528. The number of phenols is 1. The molecule has 0 bridgehead atoms. The molecule has 0 fully saturated rings. The van der Waals surface area contributed by atoms with Gasteiger partial charge in [-0.25, -0.2) is 0 Å². The zero-order valence-corrected chi connectivity index (χ0v) is 8.75. The van der Waals surface area contributed by atoms with Crippen LogP contribution in [0.5, 0.6) is 5.75 Å². The number of aryl methyl sites for hydroxylation is 1. The number of aromatic hydroxyl groups is 1. The van der Waals surface area contributed by atoms with Crippen LogP contribution in [-0.4, -0.2) is 16.2 Å². The molecule has 3 rings (SSSR count). The fraction of sp³-hybridized carbons (Fsp3) is 0.333. The van der Waals surface area contributed by atoms with Crippen molar-refractivity contribution in [2.45, 2.75) is 13.0 Å². The van der Waals surface area contributed by atoms with E-state index in [-0.39, 0.29) is 0 Å². The standard InChI is InChI=1S/C12H14N2O/c1-14-7-8-4-5-13-6-9-11(15)3-2-10(14)12(8)9/h2-3,7,13,15H,4-6H2,1H3. The maximum atomic E-state index is 9.85. The predicted octanol–water partition coefficient (Wildman–Crippen LogP) is 1.53. The molecule has 0 amide bonds. The fourth-order valence-electron chi connectivity index (χ4n) is 2.45. The van der Waals surface area contributed by atoms with Crippen molar-refractivity contribution in [2.75, 3.05) is 6.54 Å². The van der Waals surface area contributed by atoms with Crippen molar-refractivity contribution in [3.8, 4) is 5.75 Å². The monoisotopic (exact) mass is 202 g/mol. The van der Waals surface area contributed by atoms with Crippen molar-refractivity contribution in [3.05, 3.63) is 29.5 Å².